The molecule has 0 aliphatic carbocycles. The summed E-state index contributed by atoms with van der Waals surface area (Å²) in [4.78, 5) is 6.83. The maximum absolute atomic E-state index is 12.6. The number of nitrogens with zero attached hydrogens (tertiary/aromatic N) is 2. The molecule has 0 saturated carbocycles. The minimum absolute atomic E-state index is 0.182. The van der Waals surface area contributed by atoms with Gasteiger partial charge in [-0.3, -0.25) is 0 Å². The number of hydrogen-bond acceptors (Lipinski definition) is 2. The fraction of sp³-hybridized carbons (Fsp3) is 0.111. The van der Waals surface area contributed by atoms with Gasteiger partial charge in [0.25, 0.3) is 0 Å². The van der Waals surface area contributed by atoms with Crippen LogP contribution in [0.1, 0.15) is 5.56 Å². The second-order valence-electron chi connectivity index (χ2n) is 3.33. The predicted molar refractivity (Wildman–Crippen MR) is 67.9 cm³/mol. The summed E-state index contributed by atoms with van der Waals surface area (Å²) >= 11 is 2.78. The third-order valence-electron chi connectivity index (χ3n) is 1.85. The molecule has 1 aromatic carbocycles. The second-order valence-corrected chi connectivity index (χ2v) is 4.18. The minimum Gasteiger partial charge on any atom is -0.505 e. The Kier molecular flexibility index (Phi) is 4.24. The molecule has 104 valence electrons. The number of aromatic hydroxyl groups is 1. The first-order chi connectivity index (χ1) is 8.61. The molecule has 0 aliphatic rings. The number of nitrogens with two attached hydrogens (primary N) is 3. The molecular formula is C9H9BrF3N5O. The number of halogens is 4. The van der Waals surface area contributed by atoms with Crippen molar-refractivity contribution >= 4 is 33.5 Å². The van der Waals surface area contributed by atoms with Crippen LogP contribution in [-0.2, 0) is 6.18 Å². The smallest absolute Gasteiger partial charge is 0.416 e. The van der Waals surface area contributed by atoms with E-state index >= 15 is 0 Å². The van der Waals surface area contributed by atoms with Crippen molar-refractivity contribution in [2.24, 2.45) is 27.2 Å². The average molecular weight is 340 g/mol. The molecule has 0 radical (unpaired) electrons. The molecule has 0 aliphatic heterocycles. The highest BCUT2D eigenvalue weighted by Gasteiger charge is 2.32. The third-order valence-corrected chi connectivity index (χ3v) is 2.45. The Morgan fingerprint density at radius 1 is 1.21 bits per heavy atom. The van der Waals surface area contributed by atoms with E-state index in [0.717, 1.165) is 0 Å². The van der Waals surface area contributed by atoms with Crippen molar-refractivity contribution in [2.75, 3.05) is 0 Å². The summed E-state index contributed by atoms with van der Waals surface area (Å²) in [7, 11) is 0. The van der Waals surface area contributed by atoms with E-state index in [1.54, 1.807) is 0 Å². The summed E-state index contributed by atoms with van der Waals surface area (Å²) in [6.07, 6.45) is -4.59. The van der Waals surface area contributed by atoms with Crippen molar-refractivity contribution in [3.63, 3.8) is 0 Å². The molecule has 0 aromatic heterocycles. The van der Waals surface area contributed by atoms with Crippen LogP contribution < -0.4 is 17.2 Å². The van der Waals surface area contributed by atoms with Gasteiger partial charge in [0.1, 0.15) is 5.69 Å². The highest BCUT2D eigenvalue weighted by atomic mass is 79.9. The molecule has 0 amide bonds. The Morgan fingerprint density at radius 2 is 1.79 bits per heavy atom. The number of phenolic OH excluding ortho intramolecular Hbond substituents is 1. The molecule has 10 heteroatoms. The molecule has 0 unspecified atom stereocenters. The number of rotatable bonds is 1. The molecule has 0 bridgehead atoms. The summed E-state index contributed by atoms with van der Waals surface area (Å²) in [6, 6.07) is 1.33. The van der Waals surface area contributed by atoms with Crippen molar-refractivity contribution in [2.45, 2.75) is 6.18 Å². The highest BCUT2D eigenvalue weighted by Crippen LogP contribution is 2.40. The van der Waals surface area contributed by atoms with Crippen molar-refractivity contribution in [1.82, 2.24) is 0 Å². The van der Waals surface area contributed by atoms with Crippen molar-refractivity contribution in [3.8, 4) is 5.75 Å². The van der Waals surface area contributed by atoms with Crippen LogP contribution in [0.5, 0.6) is 5.75 Å². The van der Waals surface area contributed by atoms with Gasteiger partial charge in [-0.15, -0.1) is 0 Å². The standard InChI is InChI=1S/C9H9BrF3N5O/c10-4-1-3(9(11,12)13)2-5(6(4)19)17-8(16)18-7(14)15/h1-2,19H,(H6,14,15,16,17,18). The first kappa shape index (κ1) is 15.1. The van der Waals surface area contributed by atoms with E-state index in [2.05, 4.69) is 25.9 Å². The molecule has 1 aromatic rings. The second kappa shape index (κ2) is 5.34. The number of alkyl halides is 3. The van der Waals surface area contributed by atoms with Gasteiger partial charge >= 0.3 is 6.18 Å². The quantitative estimate of drug-likeness (QED) is 0.456. The third kappa shape index (κ3) is 4.02. The maximum atomic E-state index is 12.6. The number of benzene rings is 1. The molecule has 0 fully saturated rings. The fourth-order valence-electron chi connectivity index (χ4n) is 1.11. The lowest BCUT2D eigenvalue weighted by atomic mass is 10.2. The fourth-order valence-corrected chi connectivity index (χ4v) is 1.56. The molecule has 0 saturated heterocycles. The van der Waals surface area contributed by atoms with Crippen LogP contribution in [0, 0.1) is 0 Å². The Labute approximate surface area is 113 Å². The van der Waals surface area contributed by atoms with Crippen LogP contribution in [0.4, 0.5) is 18.9 Å². The molecule has 7 N–H and O–H groups in total. The van der Waals surface area contributed by atoms with Crippen LogP contribution in [-0.4, -0.2) is 17.0 Å². The van der Waals surface area contributed by atoms with E-state index in [1.165, 1.54) is 0 Å². The Hall–Kier alpha value is -1.97. The van der Waals surface area contributed by atoms with E-state index in [1.807, 2.05) is 0 Å². The molecular weight excluding hydrogens is 331 g/mol. The number of phenols is 1. The van der Waals surface area contributed by atoms with Crippen molar-refractivity contribution < 1.29 is 18.3 Å². The van der Waals surface area contributed by atoms with Gasteiger partial charge in [-0.1, -0.05) is 0 Å². The SMILES string of the molecule is NC(N)=NC(N)=Nc1cc(C(F)(F)F)cc(Br)c1O. The average Bonchev–Trinajstić information content (AvgIpc) is 2.21. The van der Waals surface area contributed by atoms with E-state index in [0.29, 0.717) is 12.1 Å². The van der Waals surface area contributed by atoms with Gasteiger partial charge in [-0.2, -0.15) is 18.2 Å². The summed E-state index contributed by atoms with van der Waals surface area (Å²) < 4.78 is 37.6. The molecule has 6 nitrogen and oxygen atoms in total. The van der Waals surface area contributed by atoms with Crippen LogP contribution in [0.25, 0.3) is 0 Å². The van der Waals surface area contributed by atoms with Crippen LogP contribution >= 0.6 is 15.9 Å². The van der Waals surface area contributed by atoms with E-state index in [-0.39, 0.29) is 4.47 Å². The zero-order chi connectivity index (χ0) is 14.8. The lowest BCUT2D eigenvalue weighted by Gasteiger charge is -2.10. The largest absolute Gasteiger partial charge is 0.505 e. The minimum atomic E-state index is -4.59. The van der Waals surface area contributed by atoms with Gasteiger partial charge in [0.05, 0.1) is 10.0 Å². The number of hydrogen-bond donors (Lipinski definition) is 4. The Balaban J connectivity index is 3.36. The van der Waals surface area contributed by atoms with Crippen LogP contribution in [0.2, 0.25) is 0 Å². The monoisotopic (exact) mass is 339 g/mol. The van der Waals surface area contributed by atoms with Gasteiger partial charge in [-0.05, 0) is 28.1 Å². The normalized spacial score (nSPS) is 12.3. The van der Waals surface area contributed by atoms with Crippen molar-refractivity contribution in [1.29, 1.82) is 0 Å². The molecule has 0 atom stereocenters. The lowest BCUT2D eigenvalue weighted by molar-refractivity contribution is -0.137. The number of aliphatic imine (C=N–C) groups is 2. The van der Waals surface area contributed by atoms with Gasteiger partial charge in [0.2, 0.25) is 5.96 Å². The molecule has 1 rings (SSSR count). The Morgan fingerprint density at radius 3 is 2.26 bits per heavy atom. The van der Waals surface area contributed by atoms with Gasteiger partial charge < -0.3 is 22.3 Å². The maximum Gasteiger partial charge on any atom is 0.416 e. The van der Waals surface area contributed by atoms with E-state index < -0.39 is 35.1 Å². The zero-order valence-corrected chi connectivity index (χ0v) is 10.8. The Bertz CT molecular complexity index is 552. The first-order valence-electron chi connectivity index (χ1n) is 4.64. The van der Waals surface area contributed by atoms with Crippen LogP contribution in [0.15, 0.2) is 26.6 Å². The topological polar surface area (TPSA) is 123 Å². The van der Waals surface area contributed by atoms with Crippen molar-refractivity contribution in [3.05, 3.63) is 22.2 Å². The molecule has 19 heavy (non-hydrogen) atoms. The van der Waals surface area contributed by atoms with Gasteiger partial charge in [0.15, 0.2) is 11.7 Å². The summed E-state index contributed by atoms with van der Waals surface area (Å²) in [5, 5.41) is 9.58. The lowest BCUT2D eigenvalue weighted by Crippen LogP contribution is -2.26. The summed E-state index contributed by atoms with van der Waals surface area (Å²) in [5.74, 6) is -1.41. The van der Waals surface area contributed by atoms with E-state index in [9.17, 15) is 18.3 Å². The summed E-state index contributed by atoms with van der Waals surface area (Å²) in [6.45, 7) is 0. The van der Waals surface area contributed by atoms with E-state index in [4.69, 9.17) is 17.2 Å². The number of guanidine groups is 2. The first-order valence-corrected chi connectivity index (χ1v) is 5.44. The van der Waals surface area contributed by atoms with Gasteiger partial charge in [0, 0.05) is 0 Å². The zero-order valence-electron chi connectivity index (χ0n) is 9.24. The molecule has 0 heterocycles. The predicted octanol–water partition coefficient (Wildman–Crippen LogP) is 1.39. The summed E-state index contributed by atoms with van der Waals surface area (Å²) in [5.41, 5.74) is 13.9. The highest BCUT2D eigenvalue weighted by molar-refractivity contribution is 9.10. The van der Waals surface area contributed by atoms with Gasteiger partial charge in [-0.25, -0.2) is 4.99 Å². The molecule has 0 spiro atoms. The van der Waals surface area contributed by atoms with Crippen LogP contribution in [0.3, 0.4) is 0 Å².